The smallest absolute Gasteiger partial charge is 0.330 e. The summed E-state index contributed by atoms with van der Waals surface area (Å²) in [6.07, 6.45) is 1.14. The second-order valence-electron chi connectivity index (χ2n) is 4.69. The van der Waals surface area contributed by atoms with Crippen LogP contribution >= 0.6 is 0 Å². The molecular formula is C11H18N4O4. The van der Waals surface area contributed by atoms with Gasteiger partial charge in [0.2, 0.25) is 0 Å². The molecule has 1 aliphatic rings. The molecule has 2 heterocycles. The van der Waals surface area contributed by atoms with E-state index in [-0.39, 0.29) is 18.6 Å². The lowest BCUT2D eigenvalue weighted by atomic mass is 10.0. The van der Waals surface area contributed by atoms with E-state index in [0.29, 0.717) is 18.5 Å². The number of rotatable bonds is 4. The minimum atomic E-state index is -0.515. The molecule has 1 saturated heterocycles. The summed E-state index contributed by atoms with van der Waals surface area (Å²) in [6.45, 7) is 1.96. The molecule has 8 nitrogen and oxygen atoms in total. The monoisotopic (exact) mass is 270 g/mol. The van der Waals surface area contributed by atoms with Gasteiger partial charge in [0.15, 0.2) is 0 Å². The molecule has 19 heavy (non-hydrogen) atoms. The second kappa shape index (κ2) is 5.66. The number of ether oxygens (including phenoxy) is 1. The molecule has 0 aliphatic carbocycles. The fraction of sp³-hybridized carbons (Fsp3) is 0.636. The van der Waals surface area contributed by atoms with Crippen LogP contribution in [0.15, 0.2) is 15.8 Å². The molecule has 2 rings (SSSR count). The van der Waals surface area contributed by atoms with Crippen molar-refractivity contribution in [3.8, 4) is 0 Å². The number of hydrazine groups is 1. The Labute approximate surface area is 109 Å². The Bertz CT molecular complexity index is 552. The molecule has 106 valence electrons. The predicted octanol–water partition coefficient (Wildman–Crippen LogP) is -1.80. The zero-order valence-corrected chi connectivity index (χ0v) is 10.6. The van der Waals surface area contributed by atoms with Crippen molar-refractivity contribution in [3.05, 3.63) is 32.6 Å². The van der Waals surface area contributed by atoms with Crippen LogP contribution in [-0.2, 0) is 4.74 Å². The minimum Gasteiger partial charge on any atom is -0.394 e. The van der Waals surface area contributed by atoms with E-state index in [1.54, 1.807) is 6.92 Å². The molecule has 1 fully saturated rings. The summed E-state index contributed by atoms with van der Waals surface area (Å²) >= 11 is 0. The summed E-state index contributed by atoms with van der Waals surface area (Å²) in [5.74, 6) is 5.29. The molecule has 0 spiro atoms. The van der Waals surface area contributed by atoms with E-state index in [1.807, 2.05) is 0 Å². The molecule has 1 aromatic heterocycles. The van der Waals surface area contributed by atoms with Gasteiger partial charge in [0.05, 0.1) is 12.7 Å². The average Bonchev–Trinajstić information content (AvgIpc) is 2.77. The van der Waals surface area contributed by atoms with E-state index >= 15 is 0 Å². The fourth-order valence-electron chi connectivity index (χ4n) is 2.32. The summed E-state index contributed by atoms with van der Waals surface area (Å²) < 4.78 is 6.98. The van der Waals surface area contributed by atoms with Crippen molar-refractivity contribution in [1.82, 2.24) is 15.0 Å². The first kappa shape index (κ1) is 13.9. The van der Waals surface area contributed by atoms with Crippen LogP contribution in [0.2, 0.25) is 0 Å². The molecule has 1 aromatic rings. The molecule has 0 aromatic carbocycles. The summed E-state index contributed by atoms with van der Waals surface area (Å²) in [6, 6.07) is 0. The van der Waals surface area contributed by atoms with Crippen molar-refractivity contribution in [3.63, 3.8) is 0 Å². The number of nitrogens with two attached hydrogens (primary N) is 1. The maximum absolute atomic E-state index is 11.8. The van der Waals surface area contributed by atoms with Crippen LogP contribution < -0.4 is 22.5 Å². The first-order chi connectivity index (χ1) is 9.06. The molecule has 0 amide bonds. The van der Waals surface area contributed by atoms with E-state index in [0.717, 1.165) is 0 Å². The van der Waals surface area contributed by atoms with E-state index in [9.17, 15) is 14.7 Å². The highest BCUT2D eigenvalue weighted by Crippen LogP contribution is 2.31. The highest BCUT2D eigenvalue weighted by Gasteiger charge is 2.35. The van der Waals surface area contributed by atoms with Gasteiger partial charge in [-0.1, -0.05) is 0 Å². The van der Waals surface area contributed by atoms with Gasteiger partial charge in [-0.2, -0.15) is 0 Å². The van der Waals surface area contributed by atoms with Crippen LogP contribution in [0.5, 0.6) is 0 Å². The third kappa shape index (κ3) is 2.76. The van der Waals surface area contributed by atoms with Gasteiger partial charge < -0.3 is 9.84 Å². The second-order valence-corrected chi connectivity index (χ2v) is 4.69. The maximum atomic E-state index is 11.8. The lowest BCUT2D eigenvalue weighted by Crippen LogP contribution is -2.34. The number of aromatic amines is 1. The number of aryl methyl sites for hydroxylation is 1. The Morgan fingerprint density at radius 3 is 3.00 bits per heavy atom. The number of aliphatic hydroxyl groups is 1. The third-order valence-electron chi connectivity index (χ3n) is 3.38. The first-order valence-corrected chi connectivity index (χ1v) is 6.08. The van der Waals surface area contributed by atoms with Gasteiger partial charge in [0.1, 0.15) is 6.23 Å². The van der Waals surface area contributed by atoms with E-state index in [2.05, 4.69) is 10.4 Å². The summed E-state index contributed by atoms with van der Waals surface area (Å²) in [4.78, 5) is 25.3. The fourth-order valence-corrected chi connectivity index (χ4v) is 2.32. The normalized spacial score (nSPS) is 26.8. The van der Waals surface area contributed by atoms with Crippen molar-refractivity contribution in [2.45, 2.75) is 25.7 Å². The number of H-pyrrole nitrogens is 1. The van der Waals surface area contributed by atoms with Crippen molar-refractivity contribution >= 4 is 0 Å². The number of nitrogens with zero attached hydrogens (tertiary/aromatic N) is 1. The van der Waals surface area contributed by atoms with Crippen LogP contribution in [0.1, 0.15) is 18.2 Å². The van der Waals surface area contributed by atoms with Crippen molar-refractivity contribution < 1.29 is 9.84 Å². The highest BCUT2D eigenvalue weighted by atomic mass is 16.5. The Morgan fingerprint density at radius 1 is 1.63 bits per heavy atom. The SMILES string of the molecule is Cc1cn([C@H]2C[C@H](CNN)[C@@H](CO)O2)c(=O)[nH]c1=O. The van der Waals surface area contributed by atoms with Gasteiger partial charge in [-0.05, 0) is 13.3 Å². The Hall–Kier alpha value is -1.48. The molecule has 0 radical (unpaired) electrons. The maximum Gasteiger partial charge on any atom is 0.330 e. The van der Waals surface area contributed by atoms with Gasteiger partial charge in [-0.25, -0.2) is 4.79 Å². The van der Waals surface area contributed by atoms with E-state index in [1.165, 1.54) is 10.8 Å². The van der Waals surface area contributed by atoms with Gasteiger partial charge in [-0.3, -0.25) is 25.6 Å². The molecule has 0 unspecified atom stereocenters. The highest BCUT2D eigenvalue weighted by molar-refractivity contribution is 5.02. The van der Waals surface area contributed by atoms with Crippen LogP contribution in [0.4, 0.5) is 0 Å². The molecule has 0 bridgehead atoms. The third-order valence-corrected chi connectivity index (χ3v) is 3.38. The molecular weight excluding hydrogens is 252 g/mol. The molecule has 0 saturated carbocycles. The lowest BCUT2D eigenvalue weighted by molar-refractivity contribution is -0.0325. The molecule has 8 heteroatoms. The molecule has 1 aliphatic heterocycles. The number of aliphatic hydroxyl groups excluding tert-OH is 1. The first-order valence-electron chi connectivity index (χ1n) is 6.08. The van der Waals surface area contributed by atoms with E-state index < -0.39 is 17.5 Å². The van der Waals surface area contributed by atoms with Crippen LogP contribution in [0.3, 0.4) is 0 Å². The van der Waals surface area contributed by atoms with E-state index in [4.69, 9.17) is 10.6 Å². The van der Waals surface area contributed by atoms with Crippen molar-refractivity contribution in [2.75, 3.05) is 13.2 Å². The number of nitrogens with one attached hydrogen (secondary N) is 2. The zero-order valence-electron chi connectivity index (χ0n) is 10.6. The summed E-state index contributed by atoms with van der Waals surface area (Å²) in [5, 5.41) is 9.26. The van der Waals surface area contributed by atoms with Crippen LogP contribution in [-0.4, -0.2) is 33.9 Å². The number of aromatic nitrogens is 2. The Morgan fingerprint density at radius 2 is 2.37 bits per heavy atom. The van der Waals surface area contributed by atoms with Crippen molar-refractivity contribution in [2.24, 2.45) is 11.8 Å². The van der Waals surface area contributed by atoms with Gasteiger partial charge in [-0.15, -0.1) is 0 Å². The van der Waals surface area contributed by atoms with Crippen LogP contribution in [0.25, 0.3) is 0 Å². The lowest BCUT2D eigenvalue weighted by Gasteiger charge is -2.15. The summed E-state index contributed by atoms with van der Waals surface area (Å²) in [5.41, 5.74) is 2.06. The Balaban J connectivity index is 2.27. The Kier molecular flexibility index (Phi) is 4.15. The number of hydrogen-bond donors (Lipinski definition) is 4. The summed E-state index contributed by atoms with van der Waals surface area (Å²) in [7, 11) is 0. The molecule has 5 N–H and O–H groups in total. The minimum absolute atomic E-state index is 0.0131. The van der Waals surface area contributed by atoms with Gasteiger partial charge >= 0.3 is 5.69 Å². The predicted molar refractivity (Wildman–Crippen MR) is 67.4 cm³/mol. The quantitative estimate of drug-likeness (QED) is 0.378. The van der Waals surface area contributed by atoms with Crippen molar-refractivity contribution in [1.29, 1.82) is 0 Å². The standard InChI is InChI=1S/C11H18N4O4/c1-6-4-15(11(18)14-10(6)17)9-2-7(3-13-12)8(5-16)19-9/h4,7-9,13,16H,2-3,5,12H2,1H3,(H,14,17,18)/t7-,8-,9-/m1/s1. The zero-order chi connectivity index (χ0) is 14.0. The van der Waals surface area contributed by atoms with Gasteiger partial charge in [0.25, 0.3) is 5.56 Å². The van der Waals surface area contributed by atoms with Gasteiger partial charge in [0, 0.05) is 24.2 Å². The largest absolute Gasteiger partial charge is 0.394 e. The topological polar surface area (TPSA) is 122 Å². The molecule has 3 atom stereocenters. The number of hydrogen-bond acceptors (Lipinski definition) is 6. The van der Waals surface area contributed by atoms with Crippen LogP contribution in [0, 0.1) is 12.8 Å². The average molecular weight is 270 g/mol.